The summed E-state index contributed by atoms with van der Waals surface area (Å²) in [5, 5.41) is 14.7. The van der Waals surface area contributed by atoms with Crippen LogP contribution in [0.5, 0.6) is 0 Å². The minimum Gasteiger partial charge on any atom is -0.0622 e. The second-order valence-corrected chi connectivity index (χ2v) is 18.7. The summed E-state index contributed by atoms with van der Waals surface area (Å²) in [5.74, 6) is 0. The fourth-order valence-electron chi connectivity index (χ4n) is 11.2. The lowest BCUT2D eigenvalue weighted by molar-refractivity contribution is 1.63. The highest BCUT2D eigenvalue weighted by Crippen LogP contribution is 2.48. The van der Waals surface area contributed by atoms with Gasteiger partial charge in [-0.3, -0.25) is 0 Å². The van der Waals surface area contributed by atoms with E-state index < -0.39 is 0 Å². The largest absolute Gasteiger partial charge is 0.0622 e. The molecule has 13 aromatic carbocycles. The first-order valence-corrected chi connectivity index (χ1v) is 24.9. The Labute approximate surface area is 420 Å². The fraction of sp³-hybridized carbons (Fsp3) is 0. The van der Waals surface area contributed by atoms with Crippen molar-refractivity contribution in [2.45, 2.75) is 0 Å². The van der Waals surface area contributed by atoms with Gasteiger partial charge in [-0.15, -0.1) is 0 Å². The van der Waals surface area contributed by atoms with Crippen molar-refractivity contribution in [3.63, 3.8) is 0 Å². The zero-order chi connectivity index (χ0) is 47.8. The van der Waals surface area contributed by atoms with Crippen molar-refractivity contribution >= 4 is 101 Å². The summed E-state index contributed by atoms with van der Waals surface area (Å²) in [6.07, 6.45) is 13.7. The fourth-order valence-corrected chi connectivity index (χ4v) is 11.2. The monoisotopic (exact) mass is 912 g/mol. The first-order chi connectivity index (χ1) is 35.7. The molecule has 0 heteroatoms. The summed E-state index contributed by atoms with van der Waals surface area (Å²) in [7, 11) is 0. The molecule has 0 bridgehead atoms. The van der Waals surface area contributed by atoms with E-state index in [0.29, 0.717) is 0 Å². The second-order valence-electron chi connectivity index (χ2n) is 18.7. The van der Waals surface area contributed by atoms with Gasteiger partial charge in [0.25, 0.3) is 0 Å². The van der Waals surface area contributed by atoms with Crippen LogP contribution in [0.3, 0.4) is 0 Å². The molecule has 0 saturated carbocycles. The molecule has 0 heterocycles. The van der Waals surface area contributed by atoms with Gasteiger partial charge in [-0.05, 0) is 150 Å². The number of rotatable bonds is 9. The summed E-state index contributed by atoms with van der Waals surface area (Å²) >= 11 is 0. The lowest BCUT2D eigenvalue weighted by Crippen LogP contribution is -1.95. The maximum Gasteiger partial charge on any atom is -0.00259 e. The van der Waals surface area contributed by atoms with Crippen LogP contribution in [0.1, 0.15) is 33.4 Å². The Morgan fingerprint density at radius 2 is 0.347 bits per heavy atom. The summed E-state index contributed by atoms with van der Waals surface area (Å²) in [6.45, 7) is 0. The van der Waals surface area contributed by atoms with Gasteiger partial charge in [0, 0.05) is 0 Å². The Hall–Kier alpha value is -9.36. The van der Waals surface area contributed by atoms with Crippen LogP contribution in [0.4, 0.5) is 0 Å². The molecular weight excluding hydrogens is 865 g/mol. The molecule has 0 spiro atoms. The molecule has 0 atom stereocenters. The van der Waals surface area contributed by atoms with Gasteiger partial charge in [0.15, 0.2) is 0 Å². The van der Waals surface area contributed by atoms with Crippen LogP contribution in [0.25, 0.3) is 134 Å². The quantitative estimate of drug-likeness (QED) is 0.1000. The maximum absolute atomic E-state index is 2.48. The average Bonchev–Trinajstić information content (AvgIpc) is 3.45. The predicted octanol–water partition coefficient (Wildman–Crippen LogP) is 20.1. The van der Waals surface area contributed by atoms with E-state index in [1.807, 2.05) is 0 Å². The molecule has 336 valence electrons. The molecule has 0 aliphatic carbocycles. The van der Waals surface area contributed by atoms with Crippen molar-refractivity contribution in [2.24, 2.45) is 0 Å². The van der Waals surface area contributed by atoms with Crippen molar-refractivity contribution < 1.29 is 0 Å². The first kappa shape index (κ1) is 42.7. The zero-order valence-electron chi connectivity index (χ0n) is 39.7. The summed E-state index contributed by atoms with van der Waals surface area (Å²) < 4.78 is 0. The second kappa shape index (κ2) is 18.5. The average molecular weight is 913 g/mol. The number of benzene rings is 13. The number of hydrogen-bond donors (Lipinski definition) is 0. The molecule has 0 aromatic heterocycles. The lowest BCUT2D eigenvalue weighted by Gasteiger charge is -2.21. The molecule has 0 N–H and O–H groups in total. The smallest absolute Gasteiger partial charge is 0.00259 e. The highest BCUT2D eigenvalue weighted by molar-refractivity contribution is 6.23. The van der Waals surface area contributed by atoms with Gasteiger partial charge in [-0.25, -0.2) is 0 Å². The van der Waals surface area contributed by atoms with Crippen LogP contribution in [0.15, 0.2) is 255 Å². The van der Waals surface area contributed by atoms with Crippen molar-refractivity contribution in [2.75, 3.05) is 0 Å². The van der Waals surface area contributed by atoms with Crippen molar-refractivity contribution in [1.29, 1.82) is 0 Å². The lowest BCUT2D eigenvalue weighted by atomic mass is 9.82. The van der Waals surface area contributed by atoms with Gasteiger partial charge < -0.3 is 0 Å². The third kappa shape index (κ3) is 7.68. The van der Waals surface area contributed by atoms with Crippen LogP contribution in [-0.2, 0) is 0 Å². The Bertz CT molecular complexity index is 3660. The van der Waals surface area contributed by atoms with Crippen molar-refractivity contribution in [3.8, 4) is 33.4 Å². The maximum atomic E-state index is 2.48. The molecule has 0 unspecified atom stereocenters. The molecule has 72 heavy (non-hydrogen) atoms. The standard InChI is InChI=1S/C72H48/c1-4-22-49(23-5-1)40-43-61-55-28-10-16-34-64(55)70(65-35-17-11-29-56(61)65)52-46-53(71-66-36-18-12-30-57(66)62(58-31-13-19-37-67(58)71)44-41-50-24-6-2-7-25-50)48-54(47-52)72-68-38-20-14-32-59(68)63(60-33-15-21-39-69(60)72)45-42-51-26-8-3-9-27-51/h1-48H. The molecule has 0 fully saturated rings. The Kier molecular flexibility index (Phi) is 11.0. The first-order valence-electron chi connectivity index (χ1n) is 24.9. The SMILES string of the molecule is C(=Cc1c2ccccc2c(-c2cc(-c3c4ccccc4c(C=Cc4ccccc4)c4ccccc34)cc(-c3c4ccccc4c(C=Cc4ccccc4)c4ccccc34)c2)c2ccccc12)c1ccccc1. The van der Waals surface area contributed by atoms with Crippen LogP contribution in [-0.4, -0.2) is 0 Å². The summed E-state index contributed by atoms with van der Waals surface area (Å²) in [6, 6.07) is 93.3. The third-order valence-electron chi connectivity index (χ3n) is 14.4. The van der Waals surface area contributed by atoms with Gasteiger partial charge in [0.2, 0.25) is 0 Å². The van der Waals surface area contributed by atoms with E-state index in [4.69, 9.17) is 0 Å². The molecule has 0 aliphatic heterocycles. The molecule has 0 amide bonds. The van der Waals surface area contributed by atoms with Crippen LogP contribution >= 0.6 is 0 Å². The predicted molar refractivity (Wildman–Crippen MR) is 314 cm³/mol. The Morgan fingerprint density at radius 3 is 0.556 bits per heavy atom. The van der Waals surface area contributed by atoms with Crippen molar-refractivity contribution in [3.05, 3.63) is 288 Å². The molecule has 13 aromatic rings. The van der Waals surface area contributed by atoms with Crippen LogP contribution < -0.4 is 0 Å². The van der Waals surface area contributed by atoms with Gasteiger partial charge >= 0.3 is 0 Å². The van der Waals surface area contributed by atoms with E-state index in [9.17, 15) is 0 Å². The molecule has 0 radical (unpaired) electrons. The van der Waals surface area contributed by atoms with E-state index in [0.717, 1.165) is 0 Å². The summed E-state index contributed by atoms with van der Waals surface area (Å²) in [4.78, 5) is 0. The van der Waals surface area contributed by atoms with E-state index in [1.165, 1.54) is 131 Å². The summed E-state index contributed by atoms with van der Waals surface area (Å²) in [5.41, 5.74) is 14.4. The number of hydrogen-bond acceptors (Lipinski definition) is 0. The highest BCUT2D eigenvalue weighted by atomic mass is 14.2. The molecule has 0 aliphatic rings. The third-order valence-corrected chi connectivity index (χ3v) is 14.4. The van der Waals surface area contributed by atoms with E-state index in [1.54, 1.807) is 0 Å². The Balaban J connectivity index is 1.14. The topological polar surface area (TPSA) is 0 Å². The normalized spacial score (nSPS) is 12.0. The van der Waals surface area contributed by atoms with Crippen molar-refractivity contribution in [1.82, 2.24) is 0 Å². The van der Waals surface area contributed by atoms with Gasteiger partial charge in [-0.2, -0.15) is 0 Å². The van der Waals surface area contributed by atoms with Crippen LogP contribution in [0.2, 0.25) is 0 Å². The molecule has 0 saturated heterocycles. The molecular formula is C72H48. The zero-order valence-corrected chi connectivity index (χ0v) is 39.7. The number of fused-ring (bicyclic) bond motifs is 6. The van der Waals surface area contributed by atoms with E-state index in [2.05, 4.69) is 291 Å². The van der Waals surface area contributed by atoms with E-state index >= 15 is 0 Å². The van der Waals surface area contributed by atoms with Gasteiger partial charge in [-0.1, -0.05) is 273 Å². The minimum atomic E-state index is 1.18. The van der Waals surface area contributed by atoms with Crippen LogP contribution in [0, 0.1) is 0 Å². The Morgan fingerprint density at radius 1 is 0.167 bits per heavy atom. The minimum absolute atomic E-state index is 1.18. The highest BCUT2D eigenvalue weighted by Gasteiger charge is 2.22. The molecule has 0 nitrogen and oxygen atoms in total. The molecule has 13 rings (SSSR count). The van der Waals surface area contributed by atoms with Gasteiger partial charge in [0.1, 0.15) is 0 Å². The van der Waals surface area contributed by atoms with Gasteiger partial charge in [0.05, 0.1) is 0 Å². The van der Waals surface area contributed by atoms with E-state index in [-0.39, 0.29) is 0 Å².